The minimum Gasteiger partial charge on any atom is -0.542 e. The lowest BCUT2D eigenvalue weighted by atomic mass is 9.53. The summed E-state index contributed by atoms with van der Waals surface area (Å²) in [5.74, 6) is 0.0316. The molecule has 0 unspecified atom stereocenters. The standard InChI is InChI=1S/C35H61N2.C2HF3O2/c1-3-5-7-9-11-13-15-17-21-36(22-18-16-14-12-10-8-6-4-2)34-19-23-37(24-20-34)35-28-31-25-32(29-35)27-33(26-31)30-35;3-2(4,5)1(6)7/h19-20,23-24,31-33H,3-18,21-22,25-30H2,1-2H3;(H,6,7)/q+1;/p-1. The molecule has 0 spiro atoms. The fourth-order valence-electron chi connectivity index (χ4n) is 8.57. The summed E-state index contributed by atoms with van der Waals surface area (Å²) in [6.45, 7) is 7.12. The molecule has 4 bridgehead atoms. The van der Waals surface area contributed by atoms with E-state index in [1.807, 2.05) is 0 Å². The fraction of sp³-hybridized carbons (Fsp3) is 0.838. The highest BCUT2D eigenvalue weighted by Crippen LogP contribution is 2.56. The minimum atomic E-state index is -5.19. The number of anilines is 1. The average molecular weight is 623 g/mol. The van der Waals surface area contributed by atoms with Crippen molar-refractivity contribution in [1.82, 2.24) is 0 Å². The highest BCUT2D eigenvalue weighted by molar-refractivity contribution is 5.70. The largest absolute Gasteiger partial charge is 0.542 e. The molecule has 0 amide bonds. The van der Waals surface area contributed by atoms with E-state index < -0.39 is 12.1 Å². The Morgan fingerprint density at radius 3 is 1.41 bits per heavy atom. The van der Waals surface area contributed by atoms with Gasteiger partial charge in [0.15, 0.2) is 17.9 Å². The topological polar surface area (TPSA) is 47.2 Å². The van der Waals surface area contributed by atoms with Gasteiger partial charge in [-0.2, -0.15) is 17.7 Å². The number of halogens is 3. The zero-order valence-electron chi connectivity index (χ0n) is 27.9. The number of carboxylic acids is 1. The van der Waals surface area contributed by atoms with E-state index in [0.717, 1.165) is 17.8 Å². The first-order valence-electron chi connectivity index (χ1n) is 18.2. The van der Waals surface area contributed by atoms with Gasteiger partial charge in [0.25, 0.3) is 0 Å². The molecule has 44 heavy (non-hydrogen) atoms. The molecule has 1 aromatic rings. The van der Waals surface area contributed by atoms with E-state index in [9.17, 15) is 13.2 Å². The molecule has 0 N–H and O–H groups in total. The van der Waals surface area contributed by atoms with E-state index in [2.05, 4.69) is 47.8 Å². The third-order valence-electron chi connectivity index (χ3n) is 10.5. The Balaban J connectivity index is 0.000000676. The molecule has 0 radical (unpaired) electrons. The van der Waals surface area contributed by atoms with Crippen LogP contribution in [0.25, 0.3) is 0 Å². The summed E-state index contributed by atoms with van der Waals surface area (Å²) >= 11 is 0. The van der Waals surface area contributed by atoms with Crippen molar-refractivity contribution >= 4 is 11.7 Å². The molecule has 7 heteroatoms. The van der Waals surface area contributed by atoms with Crippen molar-refractivity contribution in [2.45, 2.75) is 167 Å². The normalized spacial score (nSPS) is 23.8. The van der Waals surface area contributed by atoms with Crippen LogP contribution in [0.4, 0.5) is 18.9 Å². The molecule has 5 rings (SSSR count). The van der Waals surface area contributed by atoms with E-state index in [4.69, 9.17) is 9.90 Å². The molecule has 1 heterocycles. The molecule has 0 saturated heterocycles. The second kappa shape index (κ2) is 19.0. The van der Waals surface area contributed by atoms with Crippen LogP contribution in [0.15, 0.2) is 24.5 Å². The van der Waals surface area contributed by atoms with Crippen LogP contribution in [0, 0.1) is 17.8 Å². The maximum absolute atomic E-state index is 10.5. The lowest BCUT2D eigenvalue weighted by Crippen LogP contribution is -2.64. The lowest BCUT2D eigenvalue weighted by molar-refractivity contribution is -0.776. The van der Waals surface area contributed by atoms with Crippen LogP contribution in [0.3, 0.4) is 0 Å². The number of carbonyl (C=O) groups is 1. The van der Waals surface area contributed by atoms with Crippen LogP contribution >= 0.6 is 0 Å². The van der Waals surface area contributed by atoms with Gasteiger partial charge in [-0.1, -0.05) is 104 Å². The van der Waals surface area contributed by atoms with Crippen LogP contribution in [-0.2, 0) is 10.3 Å². The van der Waals surface area contributed by atoms with Gasteiger partial charge in [-0.15, -0.1) is 0 Å². The molecular formula is C37H61F3N2O2. The Kier molecular flexibility index (Phi) is 15.8. The second-order valence-electron chi connectivity index (χ2n) is 14.3. The molecule has 4 saturated carbocycles. The van der Waals surface area contributed by atoms with Gasteiger partial charge in [-0.3, -0.25) is 0 Å². The van der Waals surface area contributed by atoms with Crippen molar-refractivity contribution < 1.29 is 27.6 Å². The van der Waals surface area contributed by atoms with E-state index in [1.165, 1.54) is 160 Å². The lowest BCUT2D eigenvalue weighted by Gasteiger charge is -2.53. The molecule has 4 aliphatic carbocycles. The van der Waals surface area contributed by atoms with Crippen molar-refractivity contribution in [3.63, 3.8) is 0 Å². The average Bonchev–Trinajstić information content (AvgIpc) is 2.98. The van der Waals surface area contributed by atoms with Crippen molar-refractivity contribution in [3.05, 3.63) is 24.5 Å². The highest BCUT2D eigenvalue weighted by Gasteiger charge is 2.56. The molecule has 1 aromatic heterocycles. The van der Waals surface area contributed by atoms with E-state index in [-0.39, 0.29) is 0 Å². The van der Waals surface area contributed by atoms with Gasteiger partial charge in [-0.25, -0.2) is 0 Å². The smallest absolute Gasteiger partial charge is 0.430 e. The van der Waals surface area contributed by atoms with Crippen molar-refractivity contribution in [2.75, 3.05) is 18.0 Å². The van der Waals surface area contributed by atoms with Gasteiger partial charge in [-0.05, 0) is 49.9 Å². The van der Waals surface area contributed by atoms with Crippen molar-refractivity contribution in [2.24, 2.45) is 17.8 Å². The van der Waals surface area contributed by atoms with E-state index in [1.54, 1.807) is 0 Å². The molecule has 0 atom stereocenters. The van der Waals surface area contributed by atoms with E-state index >= 15 is 0 Å². The highest BCUT2D eigenvalue weighted by atomic mass is 19.4. The van der Waals surface area contributed by atoms with Gasteiger partial charge in [0.1, 0.15) is 5.97 Å². The second-order valence-corrected chi connectivity index (χ2v) is 14.3. The number of aromatic nitrogens is 1. The molecule has 4 aliphatic rings. The number of aliphatic carboxylic acids is 1. The number of carbonyl (C=O) groups excluding carboxylic acids is 1. The quantitative estimate of drug-likeness (QED) is 0.108. The Bertz CT molecular complexity index is 878. The van der Waals surface area contributed by atoms with Crippen LogP contribution in [-0.4, -0.2) is 25.2 Å². The first kappa shape index (κ1) is 36.7. The molecule has 4 fully saturated rings. The zero-order valence-corrected chi connectivity index (χ0v) is 27.9. The van der Waals surface area contributed by atoms with Gasteiger partial charge in [0.2, 0.25) is 0 Å². The summed E-state index contributed by atoms with van der Waals surface area (Å²) in [4.78, 5) is 11.5. The Hall–Kier alpha value is -1.79. The summed E-state index contributed by atoms with van der Waals surface area (Å²) in [6, 6.07) is 4.96. The summed E-state index contributed by atoms with van der Waals surface area (Å²) in [7, 11) is 0. The number of hydrogen-bond donors (Lipinski definition) is 0. The van der Waals surface area contributed by atoms with Gasteiger partial charge in [0, 0.05) is 50.2 Å². The summed E-state index contributed by atoms with van der Waals surface area (Å²) in [6.07, 6.45) is 31.3. The van der Waals surface area contributed by atoms with Crippen LogP contribution in [0.1, 0.15) is 155 Å². The first-order valence-corrected chi connectivity index (χ1v) is 18.2. The summed E-state index contributed by atoms with van der Waals surface area (Å²) in [5.41, 5.74) is 1.93. The number of alkyl halides is 3. The SMILES string of the molecule is CCCCCCCCCCN(CCCCCCCCCC)c1cc[n+](C23CC4CC(CC(C4)C2)C3)cc1.O=C([O-])C(F)(F)F. The first-order chi connectivity index (χ1) is 21.2. The van der Waals surface area contributed by atoms with Gasteiger partial charge < -0.3 is 14.8 Å². The maximum atomic E-state index is 10.5. The number of unbranched alkanes of at least 4 members (excludes halogenated alkanes) is 14. The van der Waals surface area contributed by atoms with Crippen LogP contribution in [0.5, 0.6) is 0 Å². The number of nitrogens with zero attached hydrogens (tertiary/aromatic N) is 2. The van der Waals surface area contributed by atoms with Crippen LogP contribution in [0.2, 0.25) is 0 Å². The summed E-state index contributed by atoms with van der Waals surface area (Å²) < 4.78 is 34.2. The number of carboxylic acid groups (broad SMARTS) is 1. The zero-order chi connectivity index (χ0) is 31.8. The summed E-state index contributed by atoms with van der Waals surface area (Å²) in [5, 5.41) is 8.78. The van der Waals surface area contributed by atoms with Crippen LogP contribution < -0.4 is 14.6 Å². The molecular weight excluding hydrogens is 561 g/mol. The monoisotopic (exact) mass is 622 g/mol. The number of hydrogen-bond acceptors (Lipinski definition) is 3. The minimum absolute atomic E-state index is 0.452. The molecule has 252 valence electrons. The predicted molar refractivity (Wildman–Crippen MR) is 171 cm³/mol. The van der Waals surface area contributed by atoms with Gasteiger partial charge in [0.05, 0.1) is 0 Å². The molecule has 0 aliphatic heterocycles. The Morgan fingerprint density at radius 2 is 1.07 bits per heavy atom. The predicted octanol–water partition coefficient (Wildman–Crippen LogP) is 9.29. The van der Waals surface area contributed by atoms with Gasteiger partial charge >= 0.3 is 6.18 Å². The third-order valence-corrected chi connectivity index (χ3v) is 10.5. The Morgan fingerprint density at radius 1 is 0.727 bits per heavy atom. The third kappa shape index (κ3) is 12.2. The van der Waals surface area contributed by atoms with Crippen molar-refractivity contribution in [3.8, 4) is 0 Å². The molecule has 4 nitrogen and oxygen atoms in total. The van der Waals surface area contributed by atoms with Crippen molar-refractivity contribution in [1.29, 1.82) is 0 Å². The fourth-order valence-corrected chi connectivity index (χ4v) is 8.57. The van der Waals surface area contributed by atoms with E-state index in [0.29, 0.717) is 5.54 Å². The number of rotatable bonds is 20. The Labute approximate surface area is 266 Å². The number of pyridine rings is 1. The molecule has 0 aromatic carbocycles. The maximum Gasteiger partial charge on any atom is 0.430 e.